The lowest BCUT2D eigenvalue weighted by Crippen LogP contribution is -2.05. The van der Waals surface area contributed by atoms with Gasteiger partial charge in [0.05, 0.1) is 5.56 Å². The molecule has 0 aliphatic carbocycles. The van der Waals surface area contributed by atoms with Crippen LogP contribution >= 0.6 is 0 Å². The Hall–Kier alpha value is -2.12. The number of azide groups is 1. The van der Waals surface area contributed by atoms with Crippen molar-refractivity contribution in [3.63, 3.8) is 0 Å². The lowest BCUT2D eigenvalue weighted by atomic mass is 10.1. The summed E-state index contributed by atoms with van der Waals surface area (Å²) >= 11 is 0. The van der Waals surface area contributed by atoms with Crippen LogP contribution in [-0.2, 0) is 6.18 Å². The Labute approximate surface area is 102 Å². The fourth-order valence-electron chi connectivity index (χ4n) is 1.33. The van der Waals surface area contributed by atoms with Gasteiger partial charge in [-0.25, -0.2) is 0 Å². The molecule has 1 rings (SSSR count). The number of hydrogen-bond donors (Lipinski definition) is 0. The second-order valence-corrected chi connectivity index (χ2v) is 3.59. The van der Waals surface area contributed by atoms with Gasteiger partial charge in [0.2, 0.25) is 0 Å². The minimum Gasteiger partial charge on any atom is -0.166 e. The minimum atomic E-state index is -4.37. The number of nitrogens with zero attached hydrogens (tertiary/aromatic N) is 3. The molecule has 0 fully saturated rings. The lowest BCUT2D eigenvalue weighted by Gasteiger charge is -2.07. The third-order valence-electron chi connectivity index (χ3n) is 2.04. The molecule has 0 radical (unpaired) electrons. The maximum atomic E-state index is 12.5. The van der Waals surface area contributed by atoms with Crippen molar-refractivity contribution < 1.29 is 13.2 Å². The molecule has 0 heterocycles. The zero-order chi connectivity index (χ0) is 13.6. The van der Waals surface area contributed by atoms with Gasteiger partial charge in [0.25, 0.3) is 0 Å². The number of rotatable bonds is 2. The van der Waals surface area contributed by atoms with Gasteiger partial charge in [-0.15, -0.1) is 0 Å². The highest BCUT2D eigenvalue weighted by Crippen LogP contribution is 2.30. The van der Waals surface area contributed by atoms with Crippen LogP contribution in [0.4, 0.5) is 13.2 Å². The van der Waals surface area contributed by atoms with E-state index in [1.807, 2.05) is 0 Å². The van der Waals surface area contributed by atoms with E-state index < -0.39 is 11.7 Å². The molecule has 0 saturated carbocycles. The van der Waals surface area contributed by atoms with E-state index in [1.165, 1.54) is 0 Å². The van der Waals surface area contributed by atoms with Crippen LogP contribution in [0, 0.1) is 18.8 Å². The molecule has 0 unspecified atom stereocenters. The molecule has 0 spiro atoms. The lowest BCUT2D eigenvalue weighted by molar-refractivity contribution is -0.137. The maximum Gasteiger partial charge on any atom is 0.416 e. The van der Waals surface area contributed by atoms with Gasteiger partial charge in [0.15, 0.2) is 0 Å². The van der Waals surface area contributed by atoms with E-state index in [0.717, 1.165) is 12.1 Å². The highest BCUT2D eigenvalue weighted by molar-refractivity contribution is 5.41. The van der Waals surface area contributed by atoms with E-state index in [4.69, 9.17) is 5.53 Å². The number of hydrogen-bond acceptors (Lipinski definition) is 1. The molecule has 0 aliphatic rings. The molecule has 18 heavy (non-hydrogen) atoms. The van der Waals surface area contributed by atoms with Gasteiger partial charge in [-0.3, -0.25) is 0 Å². The summed E-state index contributed by atoms with van der Waals surface area (Å²) in [5, 5.41) is 3.28. The Morgan fingerprint density at radius 3 is 2.67 bits per heavy atom. The summed E-state index contributed by atoms with van der Waals surface area (Å²) in [5.41, 5.74) is 8.14. The van der Waals surface area contributed by atoms with Crippen LogP contribution in [-0.4, -0.2) is 6.54 Å². The number of alkyl halides is 3. The van der Waals surface area contributed by atoms with Gasteiger partial charge in [-0.05, 0) is 36.2 Å². The average molecular weight is 253 g/mol. The van der Waals surface area contributed by atoms with E-state index >= 15 is 0 Å². The Morgan fingerprint density at radius 1 is 1.33 bits per heavy atom. The van der Waals surface area contributed by atoms with Crippen LogP contribution in [0.2, 0.25) is 0 Å². The summed E-state index contributed by atoms with van der Waals surface area (Å²) in [6.45, 7) is 1.79. The van der Waals surface area contributed by atoms with Gasteiger partial charge in [0.1, 0.15) is 0 Å². The van der Waals surface area contributed by atoms with Crippen LogP contribution in [0.25, 0.3) is 10.4 Å². The molecule has 94 valence electrons. The van der Waals surface area contributed by atoms with Crippen molar-refractivity contribution in [3.8, 4) is 11.8 Å². The smallest absolute Gasteiger partial charge is 0.166 e. The first-order chi connectivity index (χ1) is 8.43. The molecule has 0 atom stereocenters. The highest BCUT2D eigenvalue weighted by Gasteiger charge is 2.30. The van der Waals surface area contributed by atoms with Gasteiger partial charge in [-0.1, -0.05) is 17.0 Å². The van der Waals surface area contributed by atoms with Crippen LogP contribution in [0.5, 0.6) is 0 Å². The summed E-state index contributed by atoms with van der Waals surface area (Å²) in [5.74, 6) is 5.28. The van der Waals surface area contributed by atoms with Crippen molar-refractivity contribution in [2.45, 2.75) is 19.5 Å². The number of aryl methyl sites for hydroxylation is 1. The zero-order valence-corrected chi connectivity index (χ0v) is 9.62. The second-order valence-electron chi connectivity index (χ2n) is 3.59. The molecule has 0 N–H and O–H groups in total. The van der Waals surface area contributed by atoms with E-state index in [9.17, 15) is 13.2 Å². The average Bonchev–Trinajstić information content (AvgIpc) is 2.27. The first kappa shape index (κ1) is 13.9. The summed E-state index contributed by atoms with van der Waals surface area (Å²) in [6.07, 6.45) is -4.05. The maximum absolute atomic E-state index is 12.5. The summed E-state index contributed by atoms with van der Waals surface area (Å²) in [6, 6.07) is 3.66. The monoisotopic (exact) mass is 253 g/mol. The SMILES string of the molecule is Cc1cc(C#CCCN=[N+]=[N-])cc(C(F)(F)F)c1. The Morgan fingerprint density at radius 2 is 2.06 bits per heavy atom. The molecule has 1 aromatic rings. The number of halogens is 3. The minimum absolute atomic E-state index is 0.210. The van der Waals surface area contributed by atoms with Crippen molar-refractivity contribution in [1.29, 1.82) is 0 Å². The first-order valence-electron chi connectivity index (χ1n) is 5.12. The topological polar surface area (TPSA) is 48.8 Å². The Kier molecular flexibility index (Phi) is 4.64. The molecular formula is C12H10F3N3. The predicted molar refractivity (Wildman–Crippen MR) is 61.7 cm³/mol. The third-order valence-corrected chi connectivity index (χ3v) is 2.04. The highest BCUT2D eigenvalue weighted by atomic mass is 19.4. The normalized spacial score (nSPS) is 10.2. The fourth-order valence-corrected chi connectivity index (χ4v) is 1.33. The molecule has 0 saturated heterocycles. The molecule has 0 bridgehead atoms. The van der Waals surface area contributed by atoms with Crippen LogP contribution in [0.1, 0.15) is 23.1 Å². The van der Waals surface area contributed by atoms with E-state index in [1.54, 1.807) is 13.0 Å². The van der Waals surface area contributed by atoms with E-state index in [-0.39, 0.29) is 6.54 Å². The summed E-state index contributed by atoms with van der Waals surface area (Å²) in [7, 11) is 0. The van der Waals surface area contributed by atoms with Crippen LogP contribution < -0.4 is 0 Å². The Bertz CT molecular complexity index is 532. The van der Waals surface area contributed by atoms with Crippen LogP contribution in [0.15, 0.2) is 23.3 Å². The first-order valence-corrected chi connectivity index (χ1v) is 5.12. The fraction of sp³-hybridized carbons (Fsp3) is 0.333. The summed E-state index contributed by atoms with van der Waals surface area (Å²) in [4.78, 5) is 2.55. The number of benzene rings is 1. The third kappa shape index (κ3) is 4.40. The molecule has 1 aromatic carbocycles. The molecule has 0 amide bonds. The molecular weight excluding hydrogens is 243 g/mol. The van der Waals surface area contributed by atoms with Crippen molar-refractivity contribution in [1.82, 2.24) is 0 Å². The standard InChI is InChI=1S/C12H10F3N3/c1-9-6-10(4-2-3-5-17-18-16)8-11(7-9)12(13,14)15/h6-8H,3,5H2,1H3. The van der Waals surface area contributed by atoms with Gasteiger partial charge < -0.3 is 0 Å². The van der Waals surface area contributed by atoms with Crippen molar-refractivity contribution in [2.24, 2.45) is 5.11 Å². The van der Waals surface area contributed by atoms with Crippen molar-refractivity contribution >= 4 is 0 Å². The van der Waals surface area contributed by atoms with Crippen molar-refractivity contribution in [2.75, 3.05) is 6.54 Å². The Balaban J connectivity index is 2.90. The van der Waals surface area contributed by atoms with Gasteiger partial charge >= 0.3 is 6.18 Å². The predicted octanol–water partition coefficient (Wildman–Crippen LogP) is 4.07. The zero-order valence-electron chi connectivity index (χ0n) is 9.62. The molecule has 0 aromatic heterocycles. The van der Waals surface area contributed by atoms with Crippen molar-refractivity contribution in [3.05, 3.63) is 45.3 Å². The second kappa shape index (κ2) is 5.99. The van der Waals surface area contributed by atoms with Crippen LogP contribution in [0.3, 0.4) is 0 Å². The molecule has 6 heteroatoms. The van der Waals surface area contributed by atoms with E-state index in [2.05, 4.69) is 21.9 Å². The molecule has 0 aliphatic heterocycles. The molecule has 3 nitrogen and oxygen atoms in total. The van der Waals surface area contributed by atoms with Gasteiger partial charge in [-0.2, -0.15) is 13.2 Å². The van der Waals surface area contributed by atoms with Gasteiger partial charge in [0, 0.05) is 23.4 Å². The largest absolute Gasteiger partial charge is 0.416 e. The summed E-state index contributed by atoms with van der Waals surface area (Å²) < 4.78 is 37.6. The van der Waals surface area contributed by atoms with E-state index in [0.29, 0.717) is 17.5 Å². The quantitative estimate of drug-likeness (QED) is 0.251.